The first kappa shape index (κ1) is 20.3. The van der Waals surface area contributed by atoms with Gasteiger partial charge in [-0.05, 0) is 13.3 Å². The predicted molar refractivity (Wildman–Crippen MR) is 99.1 cm³/mol. The molecule has 28 heavy (non-hydrogen) atoms. The van der Waals surface area contributed by atoms with Gasteiger partial charge in [0.2, 0.25) is 17.7 Å². The number of methoxy groups -OCH3 is 2. The molecule has 0 saturated heterocycles. The Morgan fingerprint density at radius 1 is 1.25 bits per heavy atom. The molecule has 0 aliphatic carbocycles. The number of ether oxygens (including phenoxy) is 2. The number of nitrogens with zero attached hydrogens (tertiary/aromatic N) is 2. The second kappa shape index (κ2) is 7.18. The van der Waals surface area contributed by atoms with Crippen LogP contribution in [0.15, 0.2) is 21.2 Å². The lowest BCUT2D eigenvalue weighted by Gasteiger charge is -2.10. The van der Waals surface area contributed by atoms with Crippen LogP contribution in [-0.4, -0.2) is 52.3 Å². The number of amides is 2. The van der Waals surface area contributed by atoms with E-state index < -0.39 is 36.0 Å². The maximum absolute atomic E-state index is 12.6. The van der Waals surface area contributed by atoms with Crippen molar-refractivity contribution in [2.45, 2.75) is 28.4 Å². The highest BCUT2D eigenvalue weighted by Crippen LogP contribution is 2.40. The van der Waals surface area contributed by atoms with Crippen molar-refractivity contribution >= 4 is 43.2 Å². The first-order chi connectivity index (χ1) is 13.1. The van der Waals surface area contributed by atoms with Gasteiger partial charge in [0.25, 0.3) is 10.0 Å². The molecule has 2 aromatic rings. The van der Waals surface area contributed by atoms with Gasteiger partial charge in [-0.3, -0.25) is 5.32 Å². The van der Waals surface area contributed by atoms with E-state index in [-0.39, 0.29) is 29.0 Å². The van der Waals surface area contributed by atoms with Crippen molar-refractivity contribution in [3.8, 4) is 11.8 Å². The number of hydrogen-bond acceptors (Lipinski definition) is 10. The van der Waals surface area contributed by atoms with E-state index in [9.17, 15) is 21.6 Å². The summed E-state index contributed by atoms with van der Waals surface area (Å²) in [6, 6.07) is 0.194. The molecule has 0 fully saturated rings. The Balaban J connectivity index is 1.84. The predicted octanol–water partition coefficient (Wildman–Crippen LogP) is 0.784. The number of sulfonamides is 1. The van der Waals surface area contributed by atoms with Crippen molar-refractivity contribution in [1.29, 1.82) is 0 Å². The zero-order valence-electron chi connectivity index (χ0n) is 14.9. The van der Waals surface area contributed by atoms with Gasteiger partial charge >= 0.3 is 6.03 Å². The van der Waals surface area contributed by atoms with Crippen LogP contribution in [0.1, 0.15) is 11.8 Å². The second-order valence-electron chi connectivity index (χ2n) is 5.75. The Bertz CT molecular complexity index is 1120. The minimum absolute atomic E-state index is 0.0840. The summed E-state index contributed by atoms with van der Waals surface area (Å²) in [5, 5.41) is 2.64. The van der Waals surface area contributed by atoms with E-state index in [0.717, 1.165) is 11.3 Å². The van der Waals surface area contributed by atoms with Gasteiger partial charge in [0.1, 0.15) is 9.79 Å². The van der Waals surface area contributed by atoms with Crippen LogP contribution < -0.4 is 19.5 Å². The molecule has 2 aromatic heterocycles. The molecule has 2 amide bonds. The zero-order valence-corrected chi connectivity index (χ0v) is 17.4. The summed E-state index contributed by atoms with van der Waals surface area (Å²) in [7, 11) is -5.52. The third-order valence-corrected chi connectivity index (χ3v) is 8.94. The fourth-order valence-electron chi connectivity index (χ4n) is 2.54. The van der Waals surface area contributed by atoms with E-state index in [1.54, 1.807) is 4.72 Å². The van der Waals surface area contributed by atoms with Gasteiger partial charge in [0.15, 0.2) is 9.84 Å². The lowest BCUT2D eigenvalue weighted by molar-refractivity contribution is 0.256. The smallest absolute Gasteiger partial charge is 0.335 e. The summed E-state index contributed by atoms with van der Waals surface area (Å²) in [5.41, 5.74) is 0. The molecule has 14 heteroatoms. The van der Waals surface area contributed by atoms with Crippen LogP contribution in [0.25, 0.3) is 0 Å². The quantitative estimate of drug-likeness (QED) is 0.675. The Hall–Kier alpha value is -2.45. The molecule has 1 atom stereocenters. The van der Waals surface area contributed by atoms with Gasteiger partial charge in [0.05, 0.1) is 25.5 Å². The SMILES string of the molecule is COc1cc(OC)nc(NC(=O)NS(=O)(=O)c2csc3c2S(=O)(=O)C(C)C3)n1. The molecule has 0 radical (unpaired) electrons. The minimum atomic E-state index is -4.44. The Labute approximate surface area is 165 Å². The molecule has 1 aliphatic rings. The second-order valence-corrected chi connectivity index (χ2v) is 10.7. The first-order valence-electron chi connectivity index (χ1n) is 7.73. The summed E-state index contributed by atoms with van der Waals surface area (Å²) < 4.78 is 61.6. The number of hydrogen-bond donors (Lipinski definition) is 2. The van der Waals surface area contributed by atoms with Crippen molar-refractivity contribution in [3.05, 3.63) is 16.3 Å². The molecule has 0 aromatic carbocycles. The molecular formula is C14H16N4O7S3. The molecule has 11 nitrogen and oxygen atoms in total. The van der Waals surface area contributed by atoms with Crippen LogP contribution in [0.3, 0.4) is 0 Å². The van der Waals surface area contributed by atoms with Crippen molar-refractivity contribution < 1.29 is 31.1 Å². The van der Waals surface area contributed by atoms with Crippen LogP contribution >= 0.6 is 11.3 Å². The van der Waals surface area contributed by atoms with E-state index in [2.05, 4.69) is 15.3 Å². The largest absolute Gasteiger partial charge is 0.481 e. The van der Waals surface area contributed by atoms with E-state index in [4.69, 9.17) is 9.47 Å². The first-order valence-corrected chi connectivity index (χ1v) is 11.6. The van der Waals surface area contributed by atoms with Gasteiger partial charge in [0, 0.05) is 10.3 Å². The average molecular weight is 449 g/mol. The van der Waals surface area contributed by atoms with Crippen LogP contribution in [0.5, 0.6) is 11.8 Å². The normalized spacial score (nSPS) is 17.6. The maximum Gasteiger partial charge on any atom is 0.335 e. The fourth-order valence-corrected chi connectivity index (χ4v) is 7.84. The maximum atomic E-state index is 12.6. The molecule has 2 N–H and O–H groups in total. The van der Waals surface area contributed by atoms with Gasteiger partial charge in [-0.25, -0.2) is 26.4 Å². The molecule has 3 heterocycles. The number of aromatic nitrogens is 2. The number of fused-ring (bicyclic) bond motifs is 1. The standard InChI is InChI=1S/C14H16N4O7S3/c1-7-4-8-12(27(7,20)21)9(6-26-8)28(22,23)18-14(19)17-13-15-10(24-2)5-11(16-13)25-3/h5-7H,4H2,1-3H3,(H2,15,16,17,18,19). The van der Waals surface area contributed by atoms with E-state index in [0.29, 0.717) is 4.88 Å². The molecular weight excluding hydrogens is 432 g/mol. The summed E-state index contributed by atoms with van der Waals surface area (Å²) in [5.74, 6) is -0.0952. The topological polar surface area (TPSA) is 154 Å². The van der Waals surface area contributed by atoms with Crippen molar-refractivity contribution in [3.63, 3.8) is 0 Å². The Morgan fingerprint density at radius 2 is 1.86 bits per heavy atom. The number of urea groups is 1. The van der Waals surface area contributed by atoms with Crippen LogP contribution in [0.2, 0.25) is 0 Å². The molecule has 3 rings (SSSR count). The highest BCUT2D eigenvalue weighted by molar-refractivity contribution is 7.94. The fraction of sp³-hybridized carbons (Fsp3) is 0.357. The van der Waals surface area contributed by atoms with Gasteiger partial charge < -0.3 is 9.47 Å². The Morgan fingerprint density at radius 3 is 2.43 bits per heavy atom. The third kappa shape index (κ3) is 3.62. The molecule has 1 unspecified atom stereocenters. The highest BCUT2D eigenvalue weighted by Gasteiger charge is 2.41. The summed E-state index contributed by atoms with van der Waals surface area (Å²) in [6.07, 6.45) is 0.238. The number of carbonyl (C=O) groups excluding carboxylic acids is 1. The molecule has 1 aliphatic heterocycles. The van der Waals surface area contributed by atoms with Gasteiger partial charge in [-0.1, -0.05) is 0 Å². The van der Waals surface area contributed by atoms with Crippen molar-refractivity contribution in [1.82, 2.24) is 14.7 Å². The van der Waals surface area contributed by atoms with Gasteiger partial charge in [-0.2, -0.15) is 9.97 Å². The molecule has 0 spiro atoms. The van der Waals surface area contributed by atoms with E-state index in [1.165, 1.54) is 32.6 Å². The van der Waals surface area contributed by atoms with Crippen LogP contribution in [-0.2, 0) is 26.3 Å². The van der Waals surface area contributed by atoms with Crippen LogP contribution in [0, 0.1) is 0 Å². The highest BCUT2D eigenvalue weighted by atomic mass is 32.2. The zero-order chi connectivity index (χ0) is 20.7. The van der Waals surface area contributed by atoms with E-state index >= 15 is 0 Å². The molecule has 152 valence electrons. The van der Waals surface area contributed by atoms with Gasteiger partial charge in [-0.15, -0.1) is 11.3 Å². The monoisotopic (exact) mass is 448 g/mol. The number of thiophene rings is 1. The summed E-state index contributed by atoms with van der Waals surface area (Å²) in [6.45, 7) is 1.51. The van der Waals surface area contributed by atoms with Crippen LogP contribution in [0.4, 0.5) is 10.7 Å². The third-order valence-electron chi connectivity index (χ3n) is 3.91. The molecule has 0 bridgehead atoms. The van der Waals surface area contributed by atoms with E-state index in [1.807, 2.05) is 0 Å². The van der Waals surface area contributed by atoms with Crippen molar-refractivity contribution in [2.75, 3.05) is 19.5 Å². The average Bonchev–Trinajstić information content (AvgIpc) is 3.14. The Kier molecular flexibility index (Phi) is 5.20. The lowest BCUT2D eigenvalue weighted by atomic mass is 10.3. The number of rotatable bonds is 5. The summed E-state index contributed by atoms with van der Waals surface area (Å²) in [4.78, 5) is 19.6. The van der Waals surface area contributed by atoms with Crippen molar-refractivity contribution in [2.24, 2.45) is 0 Å². The molecule has 0 saturated carbocycles. The number of carbonyl (C=O) groups is 1. The number of sulfone groups is 1. The summed E-state index contributed by atoms with van der Waals surface area (Å²) >= 11 is 1.02. The number of anilines is 1. The minimum Gasteiger partial charge on any atom is -0.481 e. The lowest BCUT2D eigenvalue weighted by Crippen LogP contribution is -2.35. The number of nitrogens with one attached hydrogen (secondary N) is 2.